The lowest BCUT2D eigenvalue weighted by Crippen LogP contribution is -2.31. The molecule has 1 atom stereocenters. The maximum atomic E-state index is 13.1. The Balaban J connectivity index is 2.17. The number of carbonyl (C=O) groups excluding carboxylic acids is 2. The summed E-state index contributed by atoms with van der Waals surface area (Å²) in [5.74, 6) is -0.470. The lowest BCUT2D eigenvalue weighted by molar-refractivity contribution is -0.118. The van der Waals surface area contributed by atoms with Gasteiger partial charge >= 0.3 is 0 Å². The number of anilines is 1. The number of aryl methyl sites for hydroxylation is 1. The Bertz CT molecular complexity index is 961. The summed E-state index contributed by atoms with van der Waals surface area (Å²) in [5.41, 5.74) is 2.43. The molecule has 1 unspecified atom stereocenters. The van der Waals surface area contributed by atoms with E-state index in [4.69, 9.17) is 4.74 Å². The zero-order valence-electron chi connectivity index (χ0n) is 17.3. The van der Waals surface area contributed by atoms with Gasteiger partial charge in [-0.15, -0.1) is 0 Å². The molecule has 0 spiro atoms. The monoisotopic (exact) mass is 393 g/mol. The first-order valence-electron chi connectivity index (χ1n) is 9.93. The number of aliphatic hydroxyl groups is 1. The van der Waals surface area contributed by atoms with Crippen molar-refractivity contribution in [2.24, 2.45) is 5.92 Å². The van der Waals surface area contributed by atoms with Gasteiger partial charge in [0.1, 0.15) is 5.75 Å². The third kappa shape index (κ3) is 4.04. The topological polar surface area (TPSA) is 66.8 Å². The van der Waals surface area contributed by atoms with Crippen LogP contribution in [-0.2, 0) is 9.59 Å². The van der Waals surface area contributed by atoms with Crippen molar-refractivity contribution in [2.75, 3.05) is 11.5 Å². The lowest BCUT2D eigenvalue weighted by Gasteiger charge is -2.28. The minimum atomic E-state index is -0.699. The van der Waals surface area contributed by atoms with Crippen molar-refractivity contribution >= 4 is 17.4 Å². The van der Waals surface area contributed by atoms with Gasteiger partial charge < -0.3 is 9.84 Å². The average molecular weight is 393 g/mol. The van der Waals surface area contributed by atoms with Gasteiger partial charge in [0.25, 0.3) is 5.91 Å². The first kappa shape index (κ1) is 20.6. The van der Waals surface area contributed by atoms with E-state index in [1.54, 1.807) is 0 Å². The summed E-state index contributed by atoms with van der Waals surface area (Å²) < 4.78 is 5.62. The normalized spacial score (nSPS) is 16.7. The molecule has 0 aliphatic carbocycles. The highest BCUT2D eigenvalue weighted by atomic mass is 16.5. The lowest BCUT2D eigenvalue weighted by atomic mass is 9.91. The molecule has 0 radical (unpaired) electrons. The van der Waals surface area contributed by atoms with E-state index in [0.717, 1.165) is 11.1 Å². The fourth-order valence-electron chi connectivity index (χ4n) is 3.71. The quantitative estimate of drug-likeness (QED) is 0.726. The van der Waals surface area contributed by atoms with Crippen molar-refractivity contribution in [1.29, 1.82) is 0 Å². The van der Waals surface area contributed by atoms with E-state index in [1.165, 1.54) is 4.90 Å². The molecule has 5 nitrogen and oxygen atoms in total. The van der Waals surface area contributed by atoms with Gasteiger partial charge in [-0.3, -0.25) is 14.5 Å². The molecule has 0 fully saturated rings. The number of hydrogen-bond donors (Lipinski definition) is 1. The van der Waals surface area contributed by atoms with E-state index < -0.39 is 17.7 Å². The Morgan fingerprint density at radius 2 is 1.90 bits per heavy atom. The van der Waals surface area contributed by atoms with Crippen LogP contribution in [0.25, 0.3) is 0 Å². The molecule has 1 heterocycles. The van der Waals surface area contributed by atoms with Crippen molar-refractivity contribution in [3.05, 3.63) is 71.0 Å². The summed E-state index contributed by atoms with van der Waals surface area (Å²) in [5, 5.41) is 10.7. The second-order valence-electron chi connectivity index (χ2n) is 7.65. The van der Waals surface area contributed by atoms with Gasteiger partial charge in [0.15, 0.2) is 11.5 Å². The molecule has 0 saturated carbocycles. The summed E-state index contributed by atoms with van der Waals surface area (Å²) in [6.45, 7) is 8.19. The number of benzene rings is 2. The highest BCUT2D eigenvalue weighted by molar-refractivity contribution is 6.16. The van der Waals surface area contributed by atoms with Crippen LogP contribution in [0.3, 0.4) is 0 Å². The molecule has 0 bridgehead atoms. The Hall–Kier alpha value is -3.08. The molecule has 5 heteroatoms. The number of carbonyl (C=O) groups is 2. The molecule has 0 saturated heterocycles. The standard InChI is InChI=1S/C24H27NO4/c1-5-29-18-11-8-10-17(14-18)22-21(20(26)13-15(2)3)23(27)24(28)25(22)19-12-7-6-9-16(19)4/h6-12,14-15,22,27H,5,13H2,1-4H3. The molecule has 1 amide bonds. The zero-order valence-corrected chi connectivity index (χ0v) is 17.3. The largest absolute Gasteiger partial charge is 0.503 e. The van der Waals surface area contributed by atoms with Gasteiger partial charge in [0.2, 0.25) is 0 Å². The van der Waals surface area contributed by atoms with Crippen molar-refractivity contribution in [3.8, 4) is 5.75 Å². The molecule has 1 N–H and O–H groups in total. The van der Waals surface area contributed by atoms with Crippen LogP contribution < -0.4 is 9.64 Å². The molecular weight excluding hydrogens is 366 g/mol. The van der Waals surface area contributed by atoms with Gasteiger partial charge in [-0.05, 0) is 49.1 Å². The van der Waals surface area contributed by atoms with E-state index in [2.05, 4.69) is 0 Å². The van der Waals surface area contributed by atoms with Crippen molar-refractivity contribution in [2.45, 2.75) is 40.2 Å². The van der Waals surface area contributed by atoms with Crippen LogP contribution in [0.5, 0.6) is 5.75 Å². The number of hydrogen-bond acceptors (Lipinski definition) is 4. The smallest absolute Gasteiger partial charge is 0.294 e. The molecule has 3 rings (SSSR count). The Morgan fingerprint density at radius 1 is 1.17 bits per heavy atom. The van der Waals surface area contributed by atoms with Crippen LogP contribution in [0, 0.1) is 12.8 Å². The van der Waals surface area contributed by atoms with Gasteiger partial charge in [-0.25, -0.2) is 0 Å². The second kappa shape index (κ2) is 8.52. The summed E-state index contributed by atoms with van der Waals surface area (Å²) >= 11 is 0. The van der Waals surface area contributed by atoms with Crippen LogP contribution in [-0.4, -0.2) is 23.4 Å². The number of nitrogens with zero attached hydrogens (tertiary/aromatic N) is 1. The molecule has 2 aromatic rings. The first-order chi connectivity index (χ1) is 13.8. The van der Waals surface area contributed by atoms with Gasteiger partial charge in [-0.1, -0.05) is 44.2 Å². The minimum Gasteiger partial charge on any atom is -0.503 e. The predicted molar refractivity (Wildman–Crippen MR) is 113 cm³/mol. The summed E-state index contributed by atoms with van der Waals surface area (Å²) in [6.07, 6.45) is 0.260. The highest BCUT2D eigenvalue weighted by Crippen LogP contribution is 2.43. The Kier molecular flexibility index (Phi) is 6.06. The number of Topliss-reactive ketones (excluding diaryl/α,β-unsaturated/α-hetero) is 1. The second-order valence-corrected chi connectivity index (χ2v) is 7.65. The number of para-hydroxylation sites is 1. The van der Waals surface area contributed by atoms with E-state index >= 15 is 0 Å². The van der Waals surface area contributed by atoms with Crippen LogP contribution in [0.2, 0.25) is 0 Å². The van der Waals surface area contributed by atoms with Gasteiger partial charge in [0.05, 0.1) is 18.2 Å². The van der Waals surface area contributed by atoms with E-state index in [1.807, 2.05) is 76.2 Å². The van der Waals surface area contributed by atoms with E-state index in [0.29, 0.717) is 18.0 Å². The van der Waals surface area contributed by atoms with E-state index in [-0.39, 0.29) is 23.7 Å². The number of rotatable bonds is 7. The molecule has 1 aliphatic rings. The number of amides is 1. The fraction of sp³-hybridized carbons (Fsp3) is 0.333. The predicted octanol–water partition coefficient (Wildman–Crippen LogP) is 4.91. The maximum Gasteiger partial charge on any atom is 0.294 e. The van der Waals surface area contributed by atoms with Crippen molar-refractivity contribution < 1.29 is 19.4 Å². The molecule has 2 aromatic carbocycles. The SMILES string of the molecule is CCOc1cccc(C2C(C(=O)CC(C)C)=C(O)C(=O)N2c2ccccc2C)c1. The van der Waals surface area contributed by atoms with Crippen LogP contribution in [0.1, 0.15) is 44.4 Å². The van der Waals surface area contributed by atoms with E-state index in [9.17, 15) is 14.7 Å². The van der Waals surface area contributed by atoms with Crippen molar-refractivity contribution in [1.82, 2.24) is 0 Å². The first-order valence-corrected chi connectivity index (χ1v) is 9.93. The zero-order chi connectivity index (χ0) is 21.1. The van der Waals surface area contributed by atoms with Crippen LogP contribution in [0.4, 0.5) is 5.69 Å². The molecular formula is C24H27NO4. The molecule has 0 aromatic heterocycles. The number of aliphatic hydroxyl groups excluding tert-OH is 1. The Labute approximate surface area is 171 Å². The third-order valence-corrected chi connectivity index (χ3v) is 4.96. The van der Waals surface area contributed by atoms with Crippen LogP contribution in [0.15, 0.2) is 59.9 Å². The van der Waals surface area contributed by atoms with Crippen LogP contribution >= 0.6 is 0 Å². The van der Waals surface area contributed by atoms with Gasteiger partial charge in [0, 0.05) is 12.1 Å². The molecule has 152 valence electrons. The summed E-state index contributed by atoms with van der Waals surface area (Å²) in [7, 11) is 0. The molecule has 29 heavy (non-hydrogen) atoms. The highest BCUT2D eigenvalue weighted by Gasteiger charge is 2.44. The number of ether oxygens (including phenoxy) is 1. The Morgan fingerprint density at radius 3 is 2.55 bits per heavy atom. The number of ketones is 1. The average Bonchev–Trinajstić information content (AvgIpc) is 2.93. The minimum absolute atomic E-state index is 0.112. The fourth-order valence-corrected chi connectivity index (χ4v) is 3.71. The van der Waals surface area contributed by atoms with Crippen molar-refractivity contribution in [3.63, 3.8) is 0 Å². The third-order valence-electron chi connectivity index (χ3n) is 4.96. The van der Waals surface area contributed by atoms with Gasteiger partial charge in [-0.2, -0.15) is 0 Å². The summed E-state index contributed by atoms with van der Waals surface area (Å²) in [4.78, 5) is 27.6. The summed E-state index contributed by atoms with van der Waals surface area (Å²) in [6, 6.07) is 14.1. The molecule has 1 aliphatic heterocycles. The maximum absolute atomic E-state index is 13.1.